The average molecular weight is 505 g/mol. The van der Waals surface area contributed by atoms with Crippen molar-refractivity contribution in [1.29, 1.82) is 0 Å². The van der Waals surface area contributed by atoms with Gasteiger partial charge in [-0.25, -0.2) is 0 Å². The summed E-state index contributed by atoms with van der Waals surface area (Å²) in [7, 11) is 1.85. The van der Waals surface area contributed by atoms with Crippen LogP contribution in [0.4, 0.5) is 0 Å². The van der Waals surface area contributed by atoms with Gasteiger partial charge in [0.05, 0.1) is 6.54 Å². The van der Waals surface area contributed by atoms with E-state index in [0.29, 0.717) is 18.4 Å². The fourth-order valence-corrected chi connectivity index (χ4v) is 4.41. The van der Waals surface area contributed by atoms with Crippen molar-refractivity contribution in [2.45, 2.75) is 25.7 Å². The molecule has 2 saturated heterocycles. The third-order valence-corrected chi connectivity index (χ3v) is 6.40. The monoisotopic (exact) mass is 505 g/mol. The largest absolute Gasteiger partial charge is 0.356 e. The summed E-state index contributed by atoms with van der Waals surface area (Å²) in [6, 6.07) is 4.30. The molecule has 27 heavy (non-hydrogen) atoms. The first-order valence-corrected chi connectivity index (χ1v) is 10.5. The van der Waals surface area contributed by atoms with Crippen LogP contribution in [0.5, 0.6) is 0 Å². The van der Waals surface area contributed by atoms with Gasteiger partial charge in [0.1, 0.15) is 0 Å². The number of carbonyl (C=O) groups excluding carboxylic acids is 1. The van der Waals surface area contributed by atoms with E-state index in [1.807, 2.05) is 11.9 Å². The van der Waals surface area contributed by atoms with Crippen LogP contribution >= 0.6 is 35.3 Å². The third kappa shape index (κ3) is 6.32. The summed E-state index contributed by atoms with van der Waals surface area (Å²) in [5.74, 6) is 1.74. The van der Waals surface area contributed by atoms with Gasteiger partial charge in [-0.1, -0.05) is 13.0 Å². The van der Waals surface area contributed by atoms with Gasteiger partial charge in [0.2, 0.25) is 5.91 Å². The summed E-state index contributed by atoms with van der Waals surface area (Å²) in [6.45, 7) is 9.25. The number of nitrogens with one attached hydrogen (secondary N) is 1. The number of amides is 1. The Bertz CT molecular complexity index is 595. The van der Waals surface area contributed by atoms with Crippen LogP contribution in [0, 0.1) is 0 Å². The number of likely N-dealkylation sites (tertiary alicyclic amines) is 1. The minimum absolute atomic E-state index is 0. The van der Waals surface area contributed by atoms with Crippen LogP contribution in [0.2, 0.25) is 0 Å². The lowest BCUT2D eigenvalue weighted by Crippen LogP contribution is -2.54. The highest BCUT2D eigenvalue weighted by Gasteiger charge is 2.24. The molecule has 2 aliphatic rings. The van der Waals surface area contributed by atoms with E-state index in [9.17, 15) is 4.79 Å². The van der Waals surface area contributed by atoms with Crippen molar-refractivity contribution >= 4 is 47.2 Å². The number of piperazine rings is 1. The molecule has 0 spiro atoms. The van der Waals surface area contributed by atoms with Crippen LogP contribution in [-0.4, -0.2) is 86.0 Å². The molecule has 3 rings (SSSR count). The molecule has 152 valence electrons. The van der Waals surface area contributed by atoms with Crippen molar-refractivity contribution in [1.82, 2.24) is 20.0 Å². The third-order valence-electron chi connectivity index (χ3n) is 5.30. The zero-order valence-electron chi connectivity index (χ0n) is 16.4. The molecule has 0 saturated carbocycles. The number of aliphatic imine (C=N–C) groups is 1. The first kappa shape index (κ1) is 22.4. The smallest absolute Gasteiger partial charge is 0.236 e. The first-order valence-electron chi connectivity index (χ1n) is 9.66. The molecule has 0 bridgehead atoms. The highest BCUT2D eigenvalue weighted by Crippen LogP contribution is 2.19. The summed E-state index contributed by atoms with van der Waals surface area (Å²) in [6.07, 6.45) is 2.32. The van der Waals surface area contributed by atoms with Gasteiger partial charge in [-0.2, -0.15) is 0 Å². The second-order valence-electron chi connectivity index (χ2n) is 7.20. The Balaban J connectivity index is 0.00000261. The van der Waals surface area contributed by atoms with E-state index in [1.165, 1.54) is 4.88 Å². The van der Waals surface area contributed by atoms with Crippen molar-refractivity contribution in [3.63, 3.8) is 0 Å². The second-order valence-corrected chi connectivity index (χ2v) is 8.17. The lowest BCUT2D eigenvalue weighted by atomic mass is 10.1. The molecule has 3 heterocycles. The number of guanidine groups is 1. The van der Waals surface area contributed by atoms with Gasteiger partial charge in [0.15, 0.2) is 5.96 Å². The minimum Gasteiger partial charge on any atom is -0.356 e. The zero-order chi connectivity index (χ0) is 18.4. The number of rotatable bonds is 5. The molecule has 1 unspecified atom stereocenters. The molecule has 1 atom stereocenters. The maximum absolute atomic E-state index is 12.3. The number of thiophene rings is 1. The first-order chi connectivity index (χ1) is 12.7. The number of nitrogens with zero attached hydrogens (tertiary/aromatic N) is 4. The molecular formula is C19H32IN5OS. The lowest BCUT2D eigenvalue weighted by Gasteiger charge is -2.36. The molecule has 1 N–H and O–H groups in total. The van der Waals surface area contributed by atoms with Crippen molar-refractivity contribution in [3.05, 3.63) is 22.4 Å². The van der Waals surface area contributed by atoms with Crippen LogP contribution in [0.25, 0.3) is 0 Å². The van der Waals surface area contributed by atoms with Gasteiger partial charge in [-0.3, -0.25) is 14.7 Å². The molecule has 0 radical (unpaired) electrons. The van der Waals surface area contributed by atoms with Gasteiger partial charge in [0, 0.05) is 63.7 Å². The Kier molecular flexibility index (Phi) is 9.31. The Hall–Kier alpha value is -0.870. The zero-order valence-corrected chi connectivity index (χ0v) is 19.5. The number of halogens is 1. The quantitative estimate of drug-likeness (QED) is 0.379. The molecule has 2 fully saturated rings. The van der Waals surface area contributed by atoms with Crippen LogP contribution in [0.1, 0.15) is 30.6 Å². The Morgan fingerprint density at radius 3 is 2.48 bits per heavy atom. The van der Waals surface area contributed by atoms with E-state index in [0.717, 1.165) is 64.6 Å². The molecule has 8 heteroatoms. The molecule has 6 nitrogen and oxygen atoms in total. The summed E-state index contributed by atoms with van der Waals surface area (Å²) >= 11 is 1.81. The summed E-state index contributed by atoms with van der Waals surface area (Å²) in [4.78, 5) is 24.8. The average Bonchev–Trinajstić information content (AvgIpc) is 3.37. The summed E-state index contributed by atoms with van der Waals surface area (Å²) < 4.78 is 0. The molecular weight excluding hydrogens is 473 g/mol. The molecule has 0 aliphatic carbocycles. The Labute approximate surface area is 184 Å². The minimum atomic E-state index is 0. The van der Waals surface area contributed by atoms with Gasteiger partial charge in [-0.15, -0.1) is 35.3 Å². The maximum Gasteiger partial charge on any atom is 0.236 e. The van der Waals surface area contributed by atoms with Crippen LogP contribution in [0.3, 0.4) is 0 Å². The fourth-order valence-electron chi connectivity index (χ4n) is 3.62. The van der Waals surface area contributed by atoms with E-state index in [2.05, 4.69) is 44.5 Å². The van der Waals surface area contributed by atoms with Crippen molar-refractivity contribution < 1.29 is 4.79 Å². The number of hydrogen-bond donors (Lipinski definition) is 1. The molecule has 0 aromatic carbocycles. The van der Waals surface area contributed by atoms with Gasteiger partial charge >= 0.3 is 0 Å². The topological polar surface area (TPSA) is 51.2 Å². The summed E-state index contributed by atoms with van der Waals surface area (Å²) in [5.41, 5.74) is 0. The van der Waals surface area contributed by atoms with Crippen LogP contribution in [-0.2, 0) is 4.79 Å². The maximum atomic E-state index is 12.3. The van der Waals surface area contributed by atoms with Gasteiger partial charge < -0.3 is 15.1 Å². The van der Waals surface area contributed by atoms with E-state index >= 15 is 0 Å². The predicted octanol–water partition coefficient (Wildman–Crippen LogP) is 2.29. The Morgan fingerprint density at radius 2 is 1.89 bits per heavy atom. The fraction of sp³-hybridized carbons (Fsp3) is 0.684. The highest BCUT2D eigenvalue weighted by atomic mass is 127. The van der Waals surface area contributed by atoms with E-state index < -0.39 is 0 Å². The number of hydrogen-bond acceptors (Lipinski definition) is 4. The van der Waals surface area contributed by atoms with E-state index in [4.69, 9.17) is 0 Å². The SMILES string of the molecule is CN=C(NCC(C)c1cccs1)N1CCN(CC(=O)N2CCCC2)CC1.I. The molecule has 1 aromatic heterocycles. The van der Waals surface area contributed by atoms with Gasteiger partial charge in [0.25, 0.3) is 0 Å². The van der Waals surface area contributed by atoms with Crippen LogP contribution in [0.15, 0.2) is 22.5 Å². The molecule has 2 aliphatic heterocycles. The van der Waals surface area contributed by atoms with E-state index in [1.54, 1.807) is 11.3 Å². The van der Waals surface area contributed by atoms with Crippen molar-refractivity contribution in [3.8, 4) is 0 Å². The molecule has 1 aromatic rings. The van der Waals surface area contributed by atoms with E-state index in [-0.39, 0.29) is 24.0 Å². The van der Waals surface area contributed by atoms with Gasteiger partial charge in [-0.05, 0) is 24.3 Å². The van der Waals surface area contributed by atoms with Crippen molar-refractivity contribution in [2.75, 3.05) is 59.4 Å². The lowest BCUT2D eigenvalue weighted by molar-refractivity contribution is -0.131. The highest BCUT2D eigenvalue weighted by molar-refractivity contribution is 14.0. The second kappa shape index (κ2) is 11.2. The van der Waals surface area contributed by atoms with Crippen LogP contribution < -0.4 is 5.32 Å². The molecule has 1 amide bonds. The standard InChI is InChI=1S/C19H31N5OS.HI/c1-16(17-6-5-13-26-17)14-21-19(20-2)24-11-9-22(10-12-24)15-18(25)23-7-3-4-8-23;/h5-6,13,16H,3-4,7-12,14-15H2,1-2H3,(H,20,21);1H. The normalized spacial score (nSPS) is 19.7. The van der Waals surface area contributed by atoms with Crippen molar-refractivity contribution in [2.24, 2.45) is 4.99 Å². The summed E-state index contributed by atoms with van der Waals surface area (Å²) in [5, 5.41) is 5.64. The Morgan fingerprint density at radius 1 is 1.19 bits per heavy atom. The predicted molar refractivity (Wildman–Crippen MR) is 123 cm³/mol. The number of carbonyl (C=O) groups is 1.